The maximum Gasteiger partial charge on any atom is 0.330 e. The van der Waals surface area contributed by atoms with Crippen LogP contribution in [0.3, 0.4) is 0 Å². The summed E-state index contributed by atoms with van der Waals surface area (Å²) in [6.45, 7) is 4.03. The molecule has 3 rings (SSSR count). The second-order valence-corrected chi connectivity index (χ2v) is 6.22. The minimum absolute atomic E-state index is 0.558. The lowest BCUT2D eigenvalue weighted by atomic mass is 10.1. The molecule has 1 atom stereocenters. The van der Waals surface area contributed by atoms with E-state index >= 15 is 0 Å². The molecule has 0 bridgehead atoms. The Labute approximate surface area is 131 Å². The Hall–Kier alpha value is -2.47. The molecule has 6 heteroatoms. The molecule has 0 radical (unpaired) electrons. The normalized spacial score (nSPS) is 12.3. The average Bonchev–Trinajstić information content (AvgIpc) is 2.81. The number of rotatable bonds is 4. The second-order valence-electron chi connectivity index (χ2n) is 5.01. The van der Waals surface area contributed by atoms with Gasteiger partial charge in [0.15, 0.2) is 6.04 Å². The van der Waals surface area contributed by atoms with Crippen LogP contribution in [0.2, 0.25) is 0 Å². The van der Waals surface area contributed by atoms with Gasteiger partial charge in [-0.25, -0.2) is 14.8 Å². The number of aryl methyl sites for hydroxylation is 2. The Balaban J connectivity index is 2.06. The first-order valence-corrected chi connectivity index (χ1v) is 7.64. The molecule has 1 unspecified atom stereocenters. The number of thiophene rings is 1. The molecule has 0 aliphatic carbocycles. The highest BCUT2D eigenvalue weighted by Gasteiger charge is 2.22. The van der Waals surface area contributed by atoms with Crippen molar-refractivity contribution in [2.24, 2.45) is 0 Å². The quantitative estimate of drug-likeness (QED) is 0.770. The first-order chi connectivity index (χ1) is 10.6. The molecule has 22 heavy (non-hydrogen) atoms. The Kier molecular flexibility index (Phi) is 3.77. The molecule has 0 saturated heterocycles. The van der Waals surface area contributed by atoms with Gasteiger partial charge in [-0.2, -0.15) is 0 Å². The van der Waals surface area contributed by atoms with Crippen LogP contribution < -0.4 is 5.32 Å². The van der Waals surface area contributed by atoms with Crippen LogP contribution in [0.1, 0.15) is 22.0 Å². The maximum absolute atomic E-state index is 11.6. The fraction of sp³-hybridized carbons (Fsp3) is 0.188. The predicted octanol–water partition coefficient (Wildman–Crippen LogP) is 3.55. The van der Waals surface area contributed by atoms with Gasteiger partial charge in [0.2, 0.25) is 0 Å². The summed E-state index contributed by atoms with van der Waals surface area (Å²) < 4.78 is 0. The first kappa shape index (κ1) is 14.5. The van der Waals surface area contributed by atoms with E-state index in [1.807, 2.05) is 32.0 Å². The summed E-state index contributed by atoms with van der Waals surface area (Å²) in [5.41, 5.74) is 1.77. The van der Waals surface area contributed by atoms with Crippen molar-refractivity contribution in [1.29, 1.82) is 0 Å². The number of fused-ring (bicyclic) bond motifs is 1. The summed E-state index contributed by atoms with van der Waals surface area (Å²) in [7, 11) is 0. The number of hydrogen-bond donors (Lipinski definition) is 2. The van der Waals surface area contributed by atoms with Crippen molar-refractivity contribution < 1.29 is 9.90 Å². The number of aliphatic carboxylic acids is 1. The molecular formula is C16H15N3O2S. The van der Waals surface area contributed by atoms with Gasteiger partial charge < -0.3 is 10.4 Å². The van der Waals surface area contributed by atoms with E-state index in [-0.39, 0.29) is 0 Å². The van der Waals surface area contributed by atoms with Gasteiger partial charge in [0.25, 0.3) is 0 Å². The van der Waals surface area contributed by atoms with E-state index in [0.717, 1.165) is 20.7 Å². The molecule has 0 fully saturated rings. The third-order valence-electron chi connectivity index (χ3n) is 3.63. The van der Waals surface area contributed by atoms with Crippen LogP contribution >= 0.6 is 11.3 Å². The highest BCUT2D eigenvalue weighted by molar-refractivity contribution is 7.18. The third-order valence-corrected chi connectivity index (χ3v) is 4.74. The Morgan fingerprint density at radius 1 is 1.23 bits per heavy atom. The number of nitrogens with one attached hydrogen (secondary N) is 1. The lowest BCUT2D eigenvalue weighted by Gasteiger charge is -2.16. The van der Waals surface area contributed by atoms with Gasteiger partial charge in [-0.15, -0.1) is 11.3 Å². The number of aromatic nitrogens is 2. The van der Waals surface area contributed by atoms with Gasteiger partial charge in [-0.1, -0.05) is 30.3 Å². The number of carboxylic acids is 1. The average molecular weight is 313 g/mol. The minimum Gasteiger partial charge on any atom is -0.479 e. The molecular weight excluding hydrogens is 298 g/mol. The molecule has 2 N–H and O–H groups in total. The molecule has 0 saturated carbocycles. The lowest BCUT2D eigenvalue weighted by Crippen LogP contribution is -2.21. The number of hydrogen-bond acceptors (Lipinski definition) is 5. The summed E-state index contributed by atoms with van der Waals surface area (Å²) in [6, 6.07) is 8.23. The van der Waals surface area contributed by atoms with Crippen molar-refractivity contribution in [1.82, 2.24) is 9.97 Å². The van der Waals surface area contributed by atoms with Gasteiger partial charge in [0.1, 0.15) is 17.0 Å². The molecule has 0 aliphatic rings. The van der Waals surface area contributed by atoms with Gasteiger partial charge in [0, 0.05) is 4.88 Å². The van der Waals surface area contributed by atoms with E-state index in [1.54, 1.807) is 23.5 Å². The molecule has 2 aromatic heterocycles. The fourth-order valence-corrected chi connectivity index (χ4v) is 3.36. The zero-order chi connectivity index (χ0) is 15.7. The van der Waals surface area contributed by atoms with Crippen molar-refractivity contribution in [2.75, 3.05) is 5.32 Å². The number of anilines is 1. The number of benzene rings is 1. The maximum atomic E-state index is 11.6. The molecule has 0 aliphatic heterocycles. The largest absolute Gasteiger partial charge is 0.479 e. The van der Waals surface area contributed by atoms with E-state index in [4.69, 9.17) is 0 Å². The standard InChI is InChI=1S/C16H15N3O2S/c1-9-10(2)22-15-12(9)14(17-8-18-15)19-13(16(20)21)11-6-4-3-5-7-11/h3-8,13H,1-2H3,(H,20,21)(H,17,18,19). The van der Waals surface area contributed by atoms with E-state index < -0.39 is 12.0 Å². The van der Waals surface area contributed by atoms with E-state index in [0.29, 0.717) is 11.4 Å². The summed E-state index contributed by atoms with van der Waals surface area (Å²) in [4.78, 5) is 22.2. The van der Waals surface area contributed by atoms with Crippen LogP contribution in [0.25, 0.3) is 10.2 Å². The topological polar surface area (TPSA) is 75.1 Å². The number of carboxylic acid groups (broad SMARTS) is 1. The van der Waals surface area contributed by atoms with Crippen LogP contribution in [0, 0.1) is 13.8 Å². The molecule has 0 spiro atoms. The zero-order valence-electron chi connectivity index (χ0n) is 12.2. The SMILES string of the molecule is Cc1sc2ncnc(NC(C(=O)O)c3ccccc3)c2c1C. The van der Waals surface area contributed by atoms with E-state index in [1.165, 1.54) is 6.33 Å². The van der Waals surface area contributed by atoms with E-state index in [2.05, 4.69) is 15.3 Å². The second kappa shape index (κ2) is 5.73. The molecule has 3 aromatic rings. The van der Waals surface area contributed by atoms with Crippen molar-refractivity contribution in [3.8, 4) is 0 Å². The van der Waals surface area contributed by atoms with Gasteiger partial charge in [-0.3, -0.25) is 0 Å². The molecule has 0 amide bonds. The van der Waals surface area contributed by atoms with Crippen LogP contribution in [-0.2, 0) is 4.79 Å². The highest BCUT2D eigenvalue weighted by Crippen LogP contribution is 2.33. The molecule has 112 valence electrons. The monoisotopic (exact) mass is 313 g/mol. The Morgan fingerprint density at radius 3 is 2.64 bits per heavy atom. The van der Waals surface area contributed by atoms with Gasteiger partial charge in [0.05, 0.1) is 5.39 Å². The summed E-state index contributed by atoms with van der Waals surface area (Å²) in [5, 5.41) is 13.5. The first-order valence-electron chi connectivity index (χ1n) is 6.83. The summed E-state index contributed by atoms with van der Waals surface area (Å²) in [6.07, 6.45) is 1.46. The van der Waals surface area contributed by atoms with Gasteiger partial charge in [-0.05, 0) is 25.0 Å². The Bertz CT molecular complexity index is 830. The molecule has 1 aromatic carbocycles. The summed E-state index contributed by atoms with van der Waals surface area (Å²) >= 11 is 1.59. The van der Waals surface area contributed by atoms with Crippen molar-refractivity contribution in [3.63, 3.8) is 0 Å². The Morgan fingerprint density at radius 2 is 1.95 bits per heavy atom. The molecule has 5 nitrogen and oxygen atoms in total. The lowest BCUT2D eigenvalue weighted by molar-refractivity contribution is -0.138. The third kappa shape index (κ3) is 2.53. The molecule has 2 heterocycles. The number of nitrogens with zero attached hydrogens (tertiary/aromatic N) is 2. The highest BCUT2D eigenvalue weighted by atomic mass is 32.1. The smallest absolute Gasteiger partial charge is 0.330 e. The fourth-order valence-electron chi connectivity index (χ4n) is 2.36. The van der Waals surface area contributed by atoms with Crippen LogP contribution in [0.15, 0.2) is 36.7 Å². The van der Waals surface area contributed by atoms with Crippen molar-refractivity contribution in [2.45, 2.75) is 19.9 Å². The minimum atomic E-state index is -0.942. The van der Waals surface area contributed by atoms with Gasteiger partial charge >= 0.3 is 5.97 Å². The predicted molar refractivity (Wildman–Crippen MR) is 87.3 cm³/mol. The van der Waals surface area contributed by atoms with Crippen LogP contribution in [0.5, 0.6) is 0 Å². The number of carbonyl (C=O) groups is 1. The van der Waals surface area contributed by atoms with Crippen molar-refractivity contribution in [3.05, 3.63) is 52.7 Å². The van der Waals surface area contributed by atoms with Crippen molar-refractivity contribution >= 4 is 33.3 Å². The zero-order valence-corrected chi connectivity index (χ0v) is 13.0. The summed E-state index contributed by atoms with van der Waals surface area (Å²) in [5.74, 6) is -0.384. The van der Waals surface area contributed by atoms with E-state index in [9.17, 15) is 9.90 Å². The van der Waals surface area contributed by atoms with Crippen LogP contribution in [-0.4, -0.2) is 21.0 Å². The van der Waals surface area contributed by atoms with Crippen LogP contribution in [0.4, 0.5) is 5.82 Å².